The van der Waals surface area contributed by atoms with E-state index in [2.05, 4.69) is 19.9 Å². The second-order valence-corrected chi connectivity index (χ2v) is 5.53. The van der Waals surface area contributed by atoms with Crippen LogP contribution in [0.2, 0.25) is 5.15 Å². The molecular formula is C16H11ClF3N5O. The number of anilines is 1. The molecule has 26 heavy (non-hydrogen) atoms. The summed E-state index contributed by atoms with van der Waals surface area (Å²) in [5.41, 5.74) is 6.00. The summed E-state index contributed by atoms with van der Waals surface area (Å²) in [6.07, 6.45) is -2.91. The van der Waals surface area contributed by atoms with Gasteiger partial charge in [0.15, 0.2) is 0 Å². The fourth-order valence-corrected chi connectivity index (χ4v) is 2.51. The lowest BCUT2D eigenvalue weighted by molar-refractivity contribution is -0.198. The van der Waals surface area contributed by atoms with Gasteiger partial charge in [-0.05, 0) is 5.56 Å². The Morgan fingerprint density at radius 3 is 2.42 bits per heavy atom. The number of halogens is 4. The first-order chi connectivity index (χ1) is 12.3. The summed E-state index contributed by atoms with van der Waals surface area (Å²) in [6, 6.07) is 6.99. The summed E-state index contributed by atoms with van der Waals surface area (Å²) >= 11 is 5.71. The van der Waals surface area contributed by atoms with Crippen molar-refractivity contribution < 1.29 is 17.9 Å². The van der Waals surface area contributed by atoms with Crippen LogP contribution in [0.15, 0.2) is 49.1 Å². The molecule has 0 aliphatic rings. The third kappa shape index (κ3) is 3.99. The molecule has 3 aromatic rings. The number of benzene rings is 1. The van der Waals surface area contributed by atoms with E-state index in [0.717, 1.165) is 6.07 Å². The van der Waals surface area contributed by atoms with Crippen molar-refractivity contribution in [2.75, 3.05) is 5.73 Å². The molecule has 2 N–H and O–H groups in total. The molecule has 6 nitrogen and oxygen atoms in total. The first kappa shape index (κ1) is 17.9. The van der Waals surface area contributed by atoms with Crippen LogP contribution in [-0.4, -0.2) is 26.1 Å². The molecule has 1 unspecified atom stereocenters. The highest BCUT2D eigenvalue weighted by atomic mass is 35.5. The normalized spacial score (nSPS) is 12.6. The Hall–Kier alpha value is -2.94. The SMILES string of the molecule is Nc1nc(Cl)cc(OC(c2ccccc2-c2cncnc2)C(F)(F)F)n1. The van der Waals surface area contributed by atoms with Gasteiger partial charge < -0.3 is 10.5 Å². The van der Waals surface area contributed by atoms with Gasteiger partial charge >= 0.3 is 6.18 Å². The number of ether oxygens (including phenoxy) is 1. The van der Waals surface area contributed by atoms with Crippen molar-refractivity contribution in [3.8, 4) is 17.0 Å². The van der Waals surface area contributed by atoms with E-state index < -0.39 is 12.3 Å². The summed E-state index contributed by atoms with van der Waals surface area (Å²) in [4.78, 5) is 14.9. The van der Waals surface area contributed by atoms with Crippen molar-refractivity contribution in [3.05, 3.63) is 59.8 Å². The van der Waals surface area contributed by atoms with Crippen LogP contribution < -0.4 is 10.5 Å². The molecule has 0 aliphatic carbocycles. The minimum atomic E-state index is -4.72. The predicted molar refractivity (Wildman–Crippen MR) is 88.3 cm³/mol. The van der Waals surface area contributed by atoms with Gasteiger partial charge in [-0.2, -0.15) is 18.2 Å². The summed E-state index contributed by atoms with van der Waals surface area (Å²) in [7, 11) is 0. The molecule has 0 fully saturated rings. The Kier molecular flexibility index (Phi) is 4.90. The van der Waals surface area contributed by atoms with E-state index in [1.165, 1.54) is 36.9 Å². The lowest BCUT2D eigenvalue weighted by Gasteiger charge is -2.23. The van der Waals surface area contributed by atoms with Crippen LogP contribution in [0, 0.1) is 0 Å². The van der Waals surface area contributed by atoms with Crippen molar-refractivity contribution >= 4 is 17.5 Å². The largest absolute Gasteiger partial charge is 0.460 e. The zero-order chi connectivity index (χ0) is 18.7. The zero-order valence-electron chi connectivity index (χ0n) is 13.0. The summed E-state index contributed by atoms with van der Waals surface area (Å²) < 4.78 is 46.3. The number of nitrogen functional groups attached to an aromatic ring is 1. The summed E-state index contributed by atoms with van der Waals surface area (Å²) in [5, 5.41) is -0.127. The number of nitrogens with zero attached hydrogens (tertiary/aromatic N) is 4. The molecule has 1 aromatic carbocycles. The van der Waals surface area contributed by atoms with E-state index in [9.17, 15) is 13.2 Å². The average Bonchev–Trinajstić information content (AvgIpc) is 2.59. The predicted octanol–water partition coefficient (Wildman–Crippen LogP) is 3.85. The molecule has 0 bridgehead atoms. The molecule has 0 saturated carbocycles. The molecule has 1 atom stereocenters. The number of alkyl halides is 3. The lowest BCUT2D eigenvalue weighted by atomic mass is 9.97. The summed E-state index contributed by atoms with van der Waals surface area (Å²) in [6.45, 7) is 0. The second kappa shape index (κ2) is 7.12. The van der Waals surface area contributed by atoms with E-state index >= 15 is 0 Å². The van der Waals surface area contributed by atoms with Crippen LogP contribution in [0.5, 0.6) is 5.88 Å². The standard InChI is InChI=1S/C16H11ClF3N5O/c17-12-5-13(25-15(21)24-12)26-14(16(18,19)20)11-4-2-1-3-10(11)9-6-22-8-23-7-9/h1-8,14H,(H2,21,24,25). The van der Waals surface area contributed by atoms with E-state index in [0.29, 0.717) is 5.56 Å². The van der Waals surface area contributed by atoms with Gasteiger partial charge in [0.1, 0.15) is 11.5 Å². The second-order valence-electron chi connectivity index (χ2n) is 5.14. The minimum absolute atomic E-state index is 0.122. The number of hydrogen-bond acceptors (Lipinski definition) is 6. The fraction of sp³-hybridized carbons (Fsp3) is 0.125. The number of nitrogens with two attached hydrogens (primary N) is 1. The van der Waals surface area contributed by atoms with E-state index in [4.69, 9.17) is 22.1 Å². The lowest BCUT2D eigenvalue weighted by Crippen LogP contribution is -2.27. The Balaban J connectivity index is 2.07. The number of rotatable bonds is 4. The maximum absolute atomic E-state index is 13.7. The third-order valence-electron chi connectivity index (χ3n) is 3.34. The highest BCUT2D eigenvalue weighted by Gasteiger charge is 2.44. The first-order valence-corrected chi connectivity index (χ1v) is 7.60. The van der Waals surface area contributed by atoms with Crippen LogP contribution in [0.25, 0.3) is 11.1 Å². The highest BCUT2D eigenvalue weighted by Crippen LogP contribution is 2.40. The molecule has 10 heteroatoms. The fourth-order valence-electron chi connectivity index (χ4n) is 2.33. The Morgan fingerprint density at radius 2 is 1.77 bits per heavy atom. The maximum Gasteiger partial charge on any atom is 0.429 e. The molecule has 0 amide bonds. The van der Waals surface area contributed by atoms with Crippen LogP contribution in [-0.2, 0) is 0 Å². The van der Waals surface area contributed by atoms with Crippen LogP contribution in [0.3, 0.4) is 0 Å². The topological polar surface area (TPSA) is 86.8 Å². The van der Waals surface area contributed by atoms with E-state index in [-0.39, 0.29) is 28.1 Å². The quantitative estimate of drug-likeness (QED) is 0.691. The van der Waals surface area contributed by atoms with Crippen LogP contribution in [0.1, 0.15) is 11.7 Å². The molecule has 0 radical (unpaired) electrons. The molecule has 0 spiro atoms. The van der Waals surface area contributed by atoms with Gasteiger partial charge in [0.25, 0.3) is 0 Å². The van der Waals surface area contributed by atoms with Crippen molar-refractivity contribution in [2.24, 2.45) is 0 Å². The first-order valence-electron chi connectivity index (χ1n) is 7.22. The average molecular weight is 382 g/mol. The molecular weight excluding hydrogens is 371 g/mol. The Morgan fingerprint density at radius 1 is 1.08 bits per heavy atom. The third-order valence-corrected chi connectivity index (χ3v) is 3.53. The monoisotopic (exact) mass is 381 g/mol. The molecule has 134 valence electrons. The van der Waals surface area contributed by atoms with Gasteiger partial charge in [-0.25, -0.2) is 15.0 Å². The Bertz CT molecular complexity index is 888. The molecule has 0 aliphatic heterocycles. The highest BCUT2D eigenvalue weighted by molar-refractivity contribution is 6.29. The molecule has 3 rings (SSSR count). The van der Waals surface area contributed by atoms with E-state index in [1.807, 2.05) is 0 Å². The van der Waals surface area contributed by atoms with Gasteiger partial charge in [-0.1, -0.05) is 35.9 Å². The number of hydrogen-bond donors (Lipinski definition) is 1. The van der Waals surface area contributed by atoms with Gasteiger partial charge in [0.2, 0.25) is 17.9 Å². The van der Waals surface area contributed by atoms with Gasteiger partial charge in [0, 0.05) is 29.6 Å². The molecule has 2 heterocycles. The van der Waals surface area contributed by atoms with Gasteiger partial charge in [-0.15, -0.1) is 0 Å². The Labute approximate surface area is 150 Å². The van der Waals surface area contributed by atoms with Gasteiger partial charge in [-0.3, -0.25) is 0 Å². The van der Waals surface area contributed by atoms with Crippen LogP contribution in [0.4, 0.5) is 19.1 Å². The number of aromatic nitrogens is 4. The van der Waals surface area contributed by atoms with Gasteiger partial charge in [0.05, 0.1) is 0 Å². The summed E-state index contributed by atoms with van der Waals surface area (Å²) in [5.74, 6) is -0.679. The zero-order valence-corrected chi connectivity index (χ0v) is 13.7. The van der Waals surface area contributed by atoms with Crippen molar-refractivity contribution in [3.63, 3.8) is 0 Å². The van der Waals surface area contributed by atoms with Crippen molar-refractivity contribution in [2.45, 2.75) is 12.3 Å². The smallest absolute Gasteiger partial charge is 0.429 e. The maximum atomic E-state index is 13.7. The molecule has 2 aromatic heterocycles. The van der Waals surface area contributed by atoms with Crippen molar-refractivity contribution in [1.82, 2.24) is 19.9 Å². The van der Waals surface area contributed by atoms with E-state index in [1.54, 1.807) is 6.07 Å². The van der Waals surface area contributed by atoms with Crippen molar-refractivity contribution in [1.29, 1.82) is 0 Å². The molecule has 0 saturated heterocycles. The minimum Gasteiger partial charge on any atom is -0.460 e. The van der Waals surface area contributed by atoms with Crippen LogP contribution >= 0.6 is 11.6 Å².